The Kier molecular flexibility index (Phi) is 5.65. The van der Waals surface area contributed by atoms with Crippen LogP contribution in [0.25, 0.3) is 0 Å². The van der Waals surface area contributed by atoms with Gasteiger partial charge in [0.05, 0.1) is 19.2 Å². The monoisotopic (exact) mass is 363 g/mol. The van der Waals surface area contributed by atoms with Gasteiger partial charge < -0.3 is 19.5 Å². The van der Waals surface area contributed by atoms with Crippen LogP contribution in [0, 0.1) is 0 Å². The number of hydrogen-bond donors (Lipinski definition) is 1. The molecule has 138 valence electrons. The first kappa shape index (κ1) is 18.7. The summed E-state index contributed by atoms with van der Waals surface area (Å²) >= 11 is 0. The summed E-state index contributed by atoms with van der Waals surface area (Å²) in [4.78, 5) is 30.0. The Balaban J connectivity index is 2.15. The maximum atomic E-state index is 12.9. The minimum absolute atomic E-state index is 0.174. The number of nitrogens with zero attached hydrogens (tertiary/aromatic N) is 3. The van der Waals surface area contributed by atoms with E-state index in [1.54, 1.807) is 0 Å². The molecule has 1 fully saturated rings. The third-order valence-corrected chi connectivity index (χ3v) is 3.56. The van der Waals surface area contributed by atoms with Crippen molar-refractivity contribution in [2.75, 3.05) is 20.2 Å². The van der Waals surface area contributed by atoms with Gasteiger partial charge in [-0.25, -0.2) is 9.78 Å². The van der Waals surface area contributed by atoms with E-state index in [4.69, 9.17) is 9.84 Å². The van der Waals surface area contributed by atoms with E-state index in [0.29, 0.717) is 12.8 Å². The summed E-state index contributed by atoms with van der Waals surface area (Å²) in [6.07, 6.45) is -6.13. The number of halogens is 3. The van der Waals surface area contributed by atoms with Gasteiger partial charge in [-0.3, -0.25) is 4.79 Å². The van der Waals surface area contributed by atoms with Crippen LogP contribution in [0.3, 0.4) is 0 Å². The molecule has 25 heavy (non-hydrogen) atoms. The molecular formula is C14H16F3N3O5. The van der Waals surface area contributed by atoms with Crippen molar-refractivity contribution in [1.82, 2.24) is 14.9 Å². The number of carbonyl (C=O) groups excluding carboxylic acids is 1. The van der Waals surface area contributed by atoms with Gasteiger partial charge in [-0.05, 0) is 0 Å². The van der Waals surface area contributed by atoms with Crippen molar-refractivity contribution in [2.24, 2.45) is 0 Å². The van der Waals surface area contributed by atoms with Gasteiger partial charge in [0.2, 0.25) is 11.7 Å². The zero-order chi connectivity index (χ0) is 18.6. The Hall–Kier alpha value is -2.59. The maximum absolute atomic E-state index is 12.9. The third kappa shape index (κ3) is 5.19. The van der Waals surface area contributed by atoms with Crippen molar-refractivity contribution in [3.8, 4) is 5.88 Å². The number of esters is 1. The molecule has 0 saturated carbocycles. The van der Waals surface area contributed by atoms with Gasteiger partial charge >= 0.3 is 18.2 Å². The summed E-state index contributed by atoms with van der Waals surface area (Å²) < 4.78 is 48.6. The number of alkyl halides is 3. The first-order valence-corrected chi connectivity index (χ1v) is 7.35. The van der Waals surface area contributed by atoms with Gasteiger partial charge in [-0.15, -0.1) is 0 Å². The highest BCUT2D eigenvalue weighted by molar-refractivity contribution is 5.71. The first-order valence-electron chi connectivity index (χ1n) is 7.35. The van der Waals surface area contributed by atoms with Crippen molar-refractivity contribution >= 4 is 12.1 Å². The lowest BCUT2D eigenvalue weighted by molar-refractivity contribution is -0.146. The van der Waals surface area contributed by atoms with Gasteiger partial charge in [0.25, 0.3) is 0 Å². The van der Waals surface area contributed by atoms with E-state index < -0.39 is 36.6 Å². The third-order valence-electron chi connectivity index (χ3n) is 3.56. The highest BCUT2D eigenvalue weighted by atomic mass is 19.4. The summed E-state index contributed by atoms with van der Waals surface area (Å²) in [6.45, 7) is 0.429. The van der Waals surface area contributed by atoms with E-state index in [1.807, 2.05) is 0 Å². The molecule has 0 unspecified atom stereocenters. The summed E-state index contributed by atoms with van der Waals surface area (Å²) in [5, 5.41) is 8.88. The number of rotatable bonds is 4. The lowest BCUT2D eigenvalue weighted by Gasteiger charge is -2.30. The fourth-order valence-corrected chi connectivity index (χ4v) is 2.31. The normalized spacial score (nSPS) is 15.8. The second kappa shape index (κ2) is 7.53. The number of carbonyl (C=O) groups is 2. The van der Waals surface area contributed by atoms with Crippen molar-refractivity contribution in [1.29, 1.82) is 0 Å². The predicted octanol–water partition coefficient (Wildman–Crippen LogP) is 1.73. The van der Waals surface area contributed by atoms with Crippen molar-refractivity contribution in [2.45, 2.75) is 31.5 Å². The van der Waals surface area contributed by atoms with Crippen LogP contribution in [0.5, 0.6) is 5.88 Å². The van der Waals surface area contributed by atoms with Crippen molar-refractivity contribution < 1.29 is 37.3 Å². The zero-order valence-corrected chi connectivity index (χ0v) is 13.2. The second-order valence-electron chi connectivity index (χ2n) is 5.36. The maximum Gasteiger partial charge on any atom is 0.451 e. The lowest BCUT2D eigenvalue weighted by atomic mass is 10.1. The van der Waals surface area contributed by atoms with Crippen LogP contribution in [0.4, 0.5) is 18.0 Å². The standard InChI is InChI=1S/C14H16F3N3O5/c1-24-11(21)7-8-6-10(19-12(18-8)14(15,16)17)25-9-2-4-20(5-3-9)13(22)23/h6,9H,2-5,7H2,1H3,(H,22,23). The Morgan fingerprint density at radius 1 is 1.32 bits per heavy atom. The van der Waals surface area contributed by atoms with Gasteiger partial charge in [-0.2, -0.15) is 18.2 Å². The molecule has 0 radical (unpaired) electrons. The second-order valence-corrected chi connectivity index (χ2v) is 5.36. The minimum atomic E-state index is -4.79. The Morgan fingerprint density at radius 2 is 1.96 bits per heavy atom. The SMILES string of the molecule is COC(=O)Cc1cc(OC2CCN(C(=O)O)CC2)nc(C(F)(F)F)n1. The van der Waals surface area contributed by atoms with E-state index >= 15 is 0 Å². The molecule has 0 atom stereocenters. The zero-order valence-electron chi connectivity index (χ0n) is 13.2. The smallest absolute Gasteiger partial charge is 0.451 e. The van der Waals surface area contributed by atoms with E-state index in [9.17, 15) is 22.8 Å². The van der Waals surface area contributed by atoms with Crippen LogP contribution in [-0.2, 0) is 22.1 Å². The number of carboxylic acid groups (broad SMARTS) is 1. The molecule has 1 aromatic heterocycles. The molecule has 1 aromatic rings. The number of piperidine rings is 1. The average molecular weight is 363 g/mol. The summed E-state index contributed by atoms with van der Waals surface area (Å²) in [5.74, 6) is -2.46. The predicted molar refractivity (Wildman–Crippen MR) is 76.0 cm³/mol. The van der Waals surface area contributed by atoms with Gasteiger partial charge in [0, 0.05) is 32.0 Å². The van der Waals surface area contributed by atoms with E-state index in [-0.39, 0.29) is 24.7 Å². The molecule has 1 amide bonds. The molecule has 1 N–H and O–H groups in total. The van der Waals surface area contributed by atoms with Crippen LogP contribution in [-0.4, -0.2) is 58.3 Å². The number of hydrogen-bond acceptors (Lipinski definition) is 6. The number of amides is 1. The molecule has 2 heterocycles. The average Bonchev–Trinajstić information content (AvgIpc) is 2.54. The number of likely N-dealkylation sites (tertiary alicyclic amines) is 1. The quantitative estimate of drug-likeness (QED) is 0.813. The summed E-state index contributed by atoms with van der Waals surface area (Å²) in [6, 6.07) is 1.15. The molecule has 2 rings (SSSR count). The van der Waals surface area contributed by atoms with Crippen LogP contribution >= 0.6 is 0 Å². The number of aromatic nitrogens is 2. The molecule has 1 aliphatic rings. The minimum Gasteiger partial charge on any atom is -0.474 e. The Bertz CT molecular complexity index is 645. The van der Waals surface area contributed by atoms with Crippen LogP contribution in [0.2, 0.25) is 0 Å². The summed E-state index contributed by atoms with van der Waals surface area (Å²) in [7, 11) is 1.11. The Labute approximate surface area is 140 Å². The lowest BCUT2D eigenvalue weighted by Crippen LogP contribution is -2.41. The fourth-order valence-electron chi connectivity index (χ4n) is 2.31. The van der Waals surface area contributed by atoms with E-state index in [2.05, 4.69) is 14.7 Å². The molecule has 0 spiro atoms. The molecule has 1 saturated heterocycles. The van der Waals surface area contributed by atoms with Crippen LogP contribution in [0.15, 0.2) is 6.07 Å². The highest BCUT2D eigenvalue weighted by Crippen LogP contribution is 2.28. The molecule has 11 heteroatoms. The molecule has 1 aliphatic heterocycles. The van der Waals surface area contributed by atoms with Crippen LogP contribution < -0.4 is 4.74 Å². The van der Waals surface area contributed by atoms with E-state index in [1.165, 1.54) is 4.90 Å². The van der Waals surface area contributed by atoms with Crippen molar-refractivity contribution in [3.05, 3.63) is 17.6 Å². The molecule has 0 bridgehead atoms. The van der Waals surface area contributed by atoms with Gasteiger partial charge in [-0.1, -0.05) is 0 Å². The van der Waals surface area contributed by atoms with E-state index in [0.717, 1.165) is 13.2 Å². The fraction of sp³-hybridized carbons (Fsp3) is 0.571. The Morgan fingerprint density at radius 3 is 2.48 bits per heavy atom. The molecule has 0 aliphatic carbocycles. The van der Waals surface area contributed by atoms with Gasteiger partial charge in [0.15, 0.2) is 0 Å². The number of ether oxygens (including phenoxy) is 2. The van der Waals surface area contributed by atoms with Crippen molar-refractivity contribution in [3.63, 3.8) is 0 Å². The topological polar surface area (TPSA) is 102 Å². The molecule has 8 nitrogen and oxygen atoms in total. The number of methoxy groups -OCH3 is 1. The highest BCUT2D eigenvalue weighted by Gasteiger charge is 2.36. The van der Waals surface area contributed by atoms with Gasteiger partial charge in [0.1, 0.15) is 6.10 Å². The summed E-state index contributed by atoms with van der Waals surface area (Å²) in [5.41, 5.74) is -0.174. The largest absolute Gasteiger partial charge is 0.474 e. The van der Waals surface area contributed by atoms with Crippen LogP contribution in [0.1, 0.15) is 24.4 Å². The molecular weight excluding hydrogens is 347 g/mol. The molecule has 0 aromatic carbocycles. The first-order chi connectivity index (χ1) is 11.7.